The zero-order valence-electron chi connectivity index (χ0n) is 10.5. The van der Waals surface area contributed by atoms with Gasteiger partial charge < -0.3 is 4.74 Å². The summed E-state index contributed by atoms with van der Waals surface area (Å²) >= 11 is 0. The summed E-state index contributed by atoms with van der Waals surface area (Å²) in [6, 6.07) is 6.97. The van der Waals surface area contributed by atoms with Gasteiger partial charge in [0.15, 0.2) is 0 Å². The van der Waals surface area contributed by atoms with Gasteiger partial charge in [-0.1, -0.05) is 24.3 Å². The van der Waals surface area contributed by atoms with Crippen LogP contribution in [0.1, 0.15) is 30.4 Å². The van der Waals surface area contributed by atoms with E-state index in [0.717, 1.165) is 5.56 Å². The molecule has 1 aliphatic carbocycles. The fourth-order valence-corrected chi connectivity index (χ4v) is 2.37. The van der Waals surface area contributed by atoms with Gasteiger partial charge in [0.25, 0.3) is 0 Å². The first-order valence-corrected chi connectivity index (χ1v) is 6.15. The van der Waals surface area contributed by atoms with E-state index in [0.29, 0.717) is 18.4 Å². The van der Waals surface area contributed by atoms with E-state index in [1.807, 2.05) is 6.07 Å². The summed E-state index contributed by atoms with van der Waals surface area (Å²) in [5.41, 5.74) is 1.48. The molecule has 0 aliphatic heterocycles. The largest absolute Gasteiger partial charge is 0.461 e. The second-order valence-corrected chi connectivity index (χ2v) is 4.45. The number of hydrogen-bond acceptors (Lipinski definition) is 3. The average Bonchev–Trinajstić information content (AvgIpc) is 2.81. The van der Waals surface area contributed by atoms with Gasteiger partial charge in [-0.25, -0.2) is 4.79 Å². The fraction of sp³-hybridized carbons (Fsp3) is 0.429. The number of benzene rings is 1. The summed E-state index contributed by atoms with van der Waals surface area (Å²) in [6.07, 6.45) is 0.888. The van der Waals surface area contributed by atoms with Crippen molar-refractivity contribution < 1.29 is 23.1 Å². The monoisotopic (exact) mass is 268 g/mol. The van der Waals surface area contributed by atoms with E-state index < -0.39 is 23.6 Å². The van der Waals surface area contributed by atoms with E-state index in [-0.39, 0.29) is 6.61 Å². The Kier molecular flexibility index (Phi) is 3.64. The van der Waals surface area contributed by atoms with E-state index >= 15 is 0 Å². The Morgan fingerprint density at radius 2 is 2.05 bits per heavy atom. The third-order valence-electron chi connectivity index (χ3n) is 3.29. The lowest BCUT2D eigenvalue weighted by molar-refractivity contribution is -0.177. The maximum absolute atomic E-state index is 13.7. The van der Waals surface area contributed by atoms with E-state index in [1.54, 1.807) is 18.2 Å². The minimum atomic E-state index is -4.07. The van der Waals surface area contributed by atoms with Crippen LogP contribution >= 0.6 is 0 Å². The highest BCUT2D eigenvalue weighted by Gasteiger charge is 2.52. The van der Waals surface area contributed by atoms with Gasteiger partial charge in [-0.05, 0) is 30.9 Å². The summed E-state index contributed by atoms with van der Waals surface area (Å²) in [5.74, 6) is -8.12. The first-order chi connectivity index (χ1) is 8.98. The van der Waals surface area contributed by atoms with E-state index in [1.165, 1.54) is 6.92 Å². The van der Waals surface area contributed by atoms with Crippen LogP contribution in [0, 0.1) is 0 Å². The van der Waals surface area contributed by atoms with Crippen LogP contribution in [0.5, 0.6) is 0 Å². The van der Waals surface area contributed by atoms with Crippen LogP contribution in [0.2, 0.25) is 0 Å². The number of ether oxygens (including phenoxy) is 1. The lowest BCUT2D eigenvalue weighted by atomic mass is 9.93. The van der Waals surface area contributed by atoms with Crippen molar-refractivity contribution >= 4 is 11.8 Å². The number of carbonyl (C=O) groups excluding carboxylic acids is 2. The zero-order chi connectivity index (χ0) is 14.0. The zero-order valence-corrected chi connectivity index (χ0v) is 10.5. The van der Waals surface area contributed by atoms with Crippen LogP contribution in [-0.4, -0.2) is 24.3 Å². The Balaban J connectivity index is 2.24. The number of halogens is 2. The molecule has 2 rings (SSSR count). The lowest BCUT2D eigenvalue weighted by Gasteiger charge is -2.18. The normalized spacial score (nSPS) is 17.9. The molecule has 0 bridgehead atoms. The predicted molar refractivity (Wildman–Crippen MR) is 64.1 cm³/mol. The van der Waals surface area contributed by atoms with Crippen LogP contribution in [-0.2, 0) is 20.7 Å². The molecule has 0 amide bonds. The van der Waals surface area contributed by atoms with Crippen molar-refractivity contribution in [2.24, 2.45) is 0 Å². The van der Waals surface area contributed by atoms with Crippen molar-refractivity contribution in [1.82, 2.24) is 0 Å². The number of ketones is 1. The third kappa shape index (κ3) is 2.37. The summed E-state index contributed by atoms with van der Waals surface area (Å²) in [4.78, 5) is 23.1. The summed E-state index contributed by atoms with van der Waals surface area (Å²) < 4.78 is 31.7. The number of hydrogen-bond donors (Lipinski definition) is 0. The number of carbonyl (C=O) groups is 2. The van der Waals surface area contributed by atoms with Crippen molar-refractivity contribution in [3.05, 3.63) is 35.4 Å². The molecule has 102 valence electrons. The molecule has 5 heteroatoms. The van der Waals surface area contributed by atoms with Gasteiger partial charge in [0, 0.05) is 0 Å². The molecule has 0 N–H and O–H groups in total. The van der Waals surface area contributed by atoms with Gasteiger partial charge in [0.05, 0.1) is 12.5 Å². The second-order valence-electron chi connectivity index (χ2n) is 4.45. The average molecular weight is 268 g/mol. The molecule has 1 aliphatic rings. The van der Waals surface area contributed by atoms with Crippen LogP contribution in [0.25, 0.3) is 0 Å². The molecule has 1 atom stereocenters. The minimum Gasteiger partial charge on any atom is -0.461 e. The van der Waals surface area contributed by atoms with Crippen LogP contribution in [0.4, 0.5) is 8.78 Å². The molecule has 0 fully saturated rings. The van der Waals surface area contributed by atoms with E-state index in [4.69, 9.17) is 0 Å². The van der Waals surface area contributed by atoms with Crippen molar-refractivity contribution in [3.63, 3.8) is 0 Å². The molecule has 1 aromatic rings. The Morgan fingerprint density at radius 3 is 2.74 bits per heavy atom. The van der Waals surface area contributed by atoms with Crippen molar-refractivity contribution in [2.45, 2.75) is 31.6 Å². The Bertz CT molecular complexity index is 511. The van der Waals surface area contributed by atoms with Crippen LogP contribution in [0.3, 0.4) is 0 Å². The highest BCUT2D eigenvalue weighted by molar-refractivity contribution is 6.08. The number of rotatable bonds is 4. The molecule has 1 aromatic carbocycles. The topological polar surface area (TPSA) is 43.4 Å². The van der Waals surface area contributed by atoms with Gasteiger partial charge in [0.1, 0.15) is 0 Å². The number of esters is 1. The Hall–Kier alpha value is -1.78. The van der Waals surface area contributed by atoms with Gasteiger partial charge in [-0.3, -0.25) is 4.79 Å². The number of fused-ring (bicyclic) bond motifs is 1. The van der Waals surface area contributed by atoms with Crippen LogP contribution in [0.15, 0.2) is 24.3 Å². The molecule has 1 unspecified atom stereocenters. The molecule has 0 spiro atoms. The smallest absolute Gasteiger partial charge is 0.400 e. The van der Waals surface area contributed by atoms with E-state index in [9.17, 15) is 18.4 Å². The second kappa shape index (κ2) is 5.07. The highest BCUT2D eigenvalue weighted by atomic mass is 19.3. The van der Waals surface area contributed by atoms with Gasteiger partial charge in [0.2, 0.25) is 5.78 Å². The van der Waals surface area contributed by atoms with Gasteiger partial charge in [-0.2, -0.15) is 8.78 Å². The quantitative estimate of drug-likeness (QED) is 0.622. The summed E-state index contributed by atoms with van der Waals surface area (Å²) in [5, 5.41) is 0. The highest BCUT2D eigenvalue weighted by Crippen LogP contribution is 2.37. The molecule has 0 saturated carbocycles. The molecule has 0 radical (unpaired) electrons. The lowest BCUT2D eigenvalue weighted by Crippen LogP contribution is -2.42. The third-order valence-corrected chi connectivity index (χ3v) is 3.29. The SMILES string of the molecule is CCOC(=O)C(F)(F)C(=O)C1CCc2ccccc21. The molecule has 0 heterocycles. The summed E-state index contributed by atoms with van der Waals surface area (Å²) in [7, 11) is 0. The van der Waals surface area contributed by atoms with Gasteiger partial charge >= 0.3 is 11.9 Å². The Labute approximate surface area is 109 Å². The summed E-state index contributed by atoms with van der Waals surface area (Å²) in [6.45, 7) is 1.24. The van der Waals surface area contributed by atoms with Crippen molar-refractivity contribution in [1.29, 1.82) is 0 Å². The van der Waals surface area contributed by atoms with Gasteiger partial charge in [-0.15, -0.1) is 0 Å². The molecular weight excluding hydrogens is 254 g/mol. The first kappa shape index (κ1) is 13.6. The molecular formula is C14H14F2O3. The fourth-order valence-electron chi connectivity index (χ4n) is 2.37. The maximum Gasteiger partial charge on any atom is 0.400 e. The Morgan fingerprint density at radius 1 is 1.37 bits per heavy atom. The van der Waals surface area contributed by atoms with E-state index in [2.05, 4.69) is 4.74 Å². The molecule has 19 heavy (non-hydrogen) atoms. The maximum atomic E-state index is 13.7. The van der Waals surface area contributed by atoms with Crippen molar-refractivity contribution in [3.8, 4) is 0 Å². The number of alkyl halides is 2. The predicted octanol–water partition coefficient (Wildman–Crippen LogP) is 2.48. The first-order valence-electron chi connectivity index (χ1n) is 6.15. The minimum absolute atomic E-state index is 0.178. The number of Topliss-reactive ketones (excluding diaryl/α,β-unsaturated/α-hetero) is 1. The molecule has 0 saturated heterocycles. The number of aryl methyl sites for hydroxylation is 1. The molecule has 3 nitrogen and oxygen atoms in total. The van der Waals surface area contributed by atoms with Crippen molar-refractivity contribution in [2.75, 3.05) is 6.61 Å². The molecule has 0 aromatic heterocycles. The standard InChI is InChI=1S/C14H14F2O3/c1-2-19-13(18)14(15,16)12(17)11-8-7-9-5-3-4-6-10(9)11/h3-6,11H,2,7-8H2,1H3. The van der Waals surface area contributed by atoms with Crippen LogP contribution < -0.4 is 0 Å².